The van der Waals surface area contributed by atoms with Gasteiger partial charge in [0, 0.05) is 13.1 Å². The molecule has 0 aromatic rings. The minimum Gasteiger partial charge on any atom is -0.293 e. The van der Waals surface area contributed by atoms with Crippen LogP contribution in [0.15, 0.2) is 0 Å². The Labute approximate surface area is 75.5 Å². The molecule has 1 fully saturated rings. The fourth-order valence-corrected chi connectivity index (χ4v) is 1.86. The summed E-state index contributed by atoms with van der Waals surface area (Å²) in [6, 6.07) is 0. The van der Waals surface area contributed by atoms with Crippen LogP contribution in [0, 0.1) is 0 Å². The Hall–Kier alpha value is -0.120. The van der Waals surface area contributed by atoms with Crippen LogP contribution in [0.4, 0.5) is 0 Å². The van der Waals surface area contributed by atoms with Gasteiger partial charge in [-0.25, -0.2) is 0 Å². The number of nitrogens with zero attached hydrogens (tertiary/aromatic N) is 1. The quantitative estimate of drug-likeness (QED) is 0.608. The summed E-state index contributed by atoms with van der Waals surface area (Å²) in [5.74, 6) is 0. The minimum atomic E-state index is 0.364. The number of hydrogen-bond acceptors (Lipinski definition) is 3. The first-order valence-corrected chi connectivity index (χ1v) is 4.97. The summed E-state index contributed by atoms with van der Waals surface area (Å²) in [5, 5.41) is 6.53. The Kier molecular flexibility index (Phi) is 4.58. The average molecular weight is 171 g/mol. The van der Waals surface area contributed by atoms with Crippen LogP contribution in [0.1, 0.15) is 25.7 Å². The SMILES string of the molecule is CNC(NC)N1CCCCCC1. The van der Waals surface area contributed by atoms with Crippen molar-refractivity contribution in [3.63, 3.8) is 0 Å². The van der Waals surface area contributed by atoms with Crippen LogP contribution in [-0.2, 0) is 0 Å². The topological polar surface area (TPSA) is 27.3 Å². The normalized spacial score (nSPS) is 21.2. The van der Waals surface area contributed by atoms with Crippen LogP contribution in [0.25, 0.3) is 0 Å². The fraction of sp³-hybridized carbons (Fsp3) is 1.00. The zero-order valence-corrected chi connectivity index (χ0v) is 8.27. The van der Waals surface area contributed by atoms with Crippen molar-refractivity contribution in [3.05, 3.63) is 0 Å². The van der Waals surface area contributed by atoms with E-state index in [1.807, 2.05) is 14.1 Å². The van der Waals surface area contributed by atoms with E-state index in [0.717, 1.165) is 0 Å². The molecule has 2 N–H and O–H groups in total. The summed E-state index contributed by atoms with van der Waals surface area (Å²) in [4.78, 5) is 2.48. The molecule has 3 heteroatoms. The molecule has 0 saturated carbocycles. The van der Waals surface area contributed by atoms with Gasteiger partial charge in [-0.2, -0.15) is 0 Å². The van der Waals surface area contributed by atoms with E-state index in [2.05, 4.69) is 15.5 Å². The molecule has 0 unspecified atom stereocenters. The van der Waals surface area contributed by atoms with Gasteiger partial charge < -0.3 is 0 Å². The molecule has 3 nitrogen and oxygen atoms in total. The van der Waals surface area contributed by atoms with E-state index < -0.39 is 0 Å². The highest BCUT2D eigenvalue weighted by molar-refractivity contribution is 4.67. The number of nitrogens with one attached hydrogen (secondary N) is 2. The van der Waals surface area contributed by atoms with Crippen molar-refractivity contribution in [3.8, 4) is 0 Å². The second kappa shape index (κ2) is 5.51. The van der Waals surface area contributed by atoms with Gasteiger partial charge in [0.1, 0.15) is 6.29 Å². The summed E-state index contributed by atoms with van der Waals surface area (Å²) < 4.78 is 0. The largest absolute Gasteiger partial charge is 0.293 e. The Morgan fingerprint density at radius 3 is 1.83 bits per heavy atom. The van der Waals surface area contributed by atoms with Crippen LogP contribution < -0.4 is 10.6 Å². The first kappa shape index (κ1) is 9.96. The van der Waals surface area contributed by atoms with Gasteiger partial charge in [-0.05, 0) is 26.9 Å². The van der Waals surface area contributed by atoms with E-state index >= 15 is 0 Å². The van der Waals surface area contributed by atoms with Crippen molar-refractivity contribution in [2.45, 2.75) is 32.0 Å². The lowest BCUT2D eigenvalue weighted by molar-refractivity contribution is 0.155. The summed E-state index contributed by atoms with van der Waals surface area (Å²) in [6.45, 7) is 2.46. The lowest BCUT2D eigenvalue weighted by atomic mass is 10.2. The van der Waals surface area contributed by atoms with E-state index in [0.29, 0.717) is 6.29 Å². The molecule has 0 amide bonds. The molecular formula is C9H21N3. The minimum absolute atomic E-state index is 0.364. The molecule has 0 bridgehead atoms. The molecule has 1 heterocycles. The van der Waals surface area contributed by atoms with Crippen LogP contribution in [0.5, 0.6) is 0 Å². The number of likely N-dealkylation sites (tertiary alicyclic amines) is 1. The maximum Gasteiger partial charge on any atom is 0.114 e. The van der Waals surface area contributed by atoms with Gasteiger partial charge >= 0.3 is 0 Å². The molecule has 0 aliphatic carbocycles. The van der Waals surface area contributed by atoms with Crippen molar-refractivity contribution < 1.29 is 0 Å². The molecule has 0 radical (unpaired) electrons. The maximum absolute atomic E-state index is 3.26. The first-order chi connectivity index (χ1) is 5.88. The highest BCUT2D eigenvalue weighted by atomic mass is 15.4. The number of rotatable bonds is 3. The van der Waals surface area contributed by atoms with Crippen LogP contribution >= 0.6 is 0 Å². The van der Waals surface area contributed by atoms with Gasteiger partial charge in [0.15, 0.2) is 0 Å². The third kappa shape index (κ3) is 2.73. The van der Waals surface area contributed by atoms with Crippen LogP contribution in [0.3, 0.4) is 0 Å². The summed E-state index contributed by atoms with van der Waals surface area (Å²) >= 11 is 0. The van der Waals surface area contributed by atoms with Gasteiger partial charge in [0.05, 0.1) is 0 Å². The highest BCUT2D eigenvalue weighted by Crippen LogP contribution is 2.10. The summed E-state index contributed by atoms with van der Waals surface area (Å²) in [6.07, 6.45) is 5.86. The second-order valence-corrected chi connectivity index (χ2v) is 3.43. The molecular weight excluding hydrogens is 150 g/mol. The standard InChI is InChI=1S/C9H21N3/c1-10-9(11-2)12-7-5-3-4-6-8-12/h9-11H,3-8H2,1-2H3. The Bertz CT molecular complexity index is 104. The first-order valence-electron chi connectivity index (χ1n) is 4.97. The van der Waals surface area contributed by atoms with E-state index in [9.17, 15) is 0 Å². The number of hydrogen-bond donors (Lipinski definition) is 2. The molecule has 1 aliphatic rings. The van der Waals surface area contributed by atoms with E-state index in [1.165, 1.54) is 38.8 Å². The van der Waals surface area contributed by atoms with Gasteiger partial charge in [-0.3, -0.25) is 15.5 Å². The fourth-order valence-electron chi connectivity index (χ4n) is 1.86. The lowest BCUT2D eigenvalue weighted by Crippen LogP contribution is -2.52. The monoisotopic (exact) mass is 171 g/mol. The average Bonchev–Trinajstić information content (AvgIpc) is 2.35. The summed E-state index contributed by atoms with van der Waals surface area (Å²) in [5.41, 5.74) is 0. The molecule has 0 aromatic carbocycles. The molecule has 72 valence electrons. The van der Waals surface area contributed by atoms with Gasteiger partial charge in [0.25, 0.3) is 0 Å². The van der Waals surface area contributed by atoms with Crippen molar-refractivity contribution in [1.82, 2.24) is 15.5 Å². The zero-order chi connectivity index (χ0) is 8.81. The van der Waals surface area contributed by atoms with Gasteiger partial charge in [0.2, 0.25) is 0 Å². The van der Waals surface area contributed by atoms with Gasteiger partial charge in [-0.15, -0.1) is 0 Å². The molecule has 1 aliphatic heterocycles. The predicted octanol–water partition coefficient (Wildman–Crippen LogP) is 0.585. The Balaban J connectivity index is 2.35. The van der Waals surface area contributed by atoms with E-state index in [-0.39, 0.29) is 0 Å². The molecule has 1 saturated heterocycles. The van der Waals surface area contributed by atoms with Crippen molar-refractivity contribution in [2.24, 2.45) is 0 Å². The van der Waals surface area contributed by atoms with E-state index in [4.69, 9.17) is 0 Å². The third-order valence-electron chi connectivity index (χ3n) is 2.55. The highest BCUT2D eigenvalue weighted by Gasteiger charge is 2.15. The zero-order valence-electron chi connectivity index (χ0n) is 8.27. The van der Waals surface area contributed by atoms with Crippen molar-refractivity contribution in [1.29, 1.82) is 0 Å². The predicted molar refractivity (Wildman–Crippen MR) is 51.9 cm³/mol. The van der Waals surface area contributed by atoms with Crippen molar-refractivity contribution in [2.75, 3.05) is 27.2 Å². The molecule has 0 atom stereocenters. The van der Waals surface area contributed by atoms with Crippen LogP contribution in [0.2, 0.25) is 0 Å². The molecule has 0 aromatic heterocycles. The van der Waals surface area contributed by atoms with E-state index in [1.54, 1.807) is 0 Å². The second-order valence-electron chi connectivity index (χ2n) is 3.43. The molecule has 0 spiro atoms. The van der Waals surface area contributed by atoms with Gasteiger partial charge in [-0.1, -0.05) is 12.8 Å². The molecule has 1 rings (SSSR count). The van der Waals surface area contributed by atoms with Crippen molar-refractivity contribution >= 4 is 0 Å². The maximum atomic E-state index is 3.26. The lowest BCUT2D eigenvalue weighted by Gasteiger charge is -2.29. The summed E-state index contributed by atoms with van der Waals surface area (Å²) in [7, 11) is 4.01. The smallest absolute Gasteiger partial charge is 0.114 e. The van der Waals surface area contributed by atoms with Crippen LogP contribution in [-0.4, -0.2) is 38.4 Å². The molecule has 12 heavy (non-hydrogen) atoms. The Morgan fingerprint density at radius 2 is 1.42 bits per heavy atom. The third-order valence-corrected chi connectivity index (χ3v) is 2.55. The Morgan fingerprint density at radius 1 is 0.917 bits per heavy atom.